The zero-order valence-electron chi connectivity index (χ0n) is 16.4. The first-order valence-electron chi connectivity index (χ1n) is 9.49. The summed E-state index contributed by atoms with van der Waals surface area (Å²) in [5.41, 5.74) is 0.550. The molecule has 1 aromatic rings. The second-order valence-electron chi connectivity index (χ2n) is 7.72. The van der Waals surface area contributed by atoms with Crippen LogP contribution < -0.4 is 10.6 Å². The van der Waals surface area contributed by atoms with E-state index in [4.69, 9.17) is 0 Å². The van der Waals surface area contributed by atoms with Crippen molar-refractivity contribution in [2.45, 2.75) is 50.6 Å². The Kier molecular flexibility index (Phi) is 5.40. The SMILES string of the molecule is CC(C(=O)Nc1ccc(CC(=O)N(C)C)cc1)N1C(=O)NC2(CCCC2)C1=O. The Morgan fingerprint density at radius 3 is 2.36 bits per heavy atom. The molecule has 8 nitrogen and oxygen atoms in total. The van der Waals surface area contributed by atoms with Crippen molar-refractivity contribution in [1.82, 2.24) is 15.1 Å². The minimum Gasteiger partial charge on any atom is -0.349 e. The maximum Gasteiger partial charge on any atom is 0.325 e. The maximum atomic E-state index is 12.8. The minimum atomic E-state index is -0.914. The number of nitrogens with one attached hydrogen (secondary N) is 2. The molecule has 1 spiro atoms. The van der Waals surface area contributed by atoms with Gasteiger partial charge < -0.3 is 15.5 Å². The molecule has 1 atom stereocenters. The predicted octanol–water partition coefficient (Wildman–Crippen LogP) is 1.51. The molecule has 0 bridgehead atoms. The Morgan fingerprint density at radius 2 is 1.79 bits per heavy atom. The van der Waals surface area contributed by atoms with Crippen LogP contribution in [0.4, 0.5) is 10.5 Å². The van der Waals surface area contributed by atoms with Gasteiger partial charge >= 0.3 is 6.03 Å². The van der Waals surface area contributed by atoms with E-state index < -0.39 is 23.5 Å². The fourth-order valence-corrected chi connectivity index (χ4v) is 3.71. The third-order valence-electron chi connectivity index (χ3n) is 5.49. The molecule has 3 rings (SSSR count). The van der Waals surface area contributed by atoms with Crippen LogP contribution in [0, 0.1) is 0 Å². The Labute approximate surface area is 164 Å². The number of rotatable bonds is 5. The summed E-state index contributed by atoms with van der Waals surface area (Å²) in [5, 5.41) is 5.52. The average molecular weight is 386 g/mol. The van der Waals surface area contributed by atoms with Gasteiger partial charge in [-0.1, -0.05) is 25.0 Å². The third kappa shape index (κ3) is 3.72. The molecule has 1 saturated heterocycles. The second-order valence-corrected chi connectivity index (χ2v) is 7.72. The molecule has 1 unspecified atom stereocenters. The zero-order valence-corrected chi connectivity index (χ0v) is 16.4. The molecule has 5 amide bonds. The van der Waals surface area contributed by atoms with Gasteiger partial charge in [0, 0.05) is 19.8 Å². The highest BCUT2D eigenvalue weighted by Gasteiger charge is 2.54. The molecule has 2 fully saturated rings. The molecule has 8 heteroatoms. The van der Waals surface area contributed by atoms with Crippen LogP contribution in [0.25, 0.3) is 0 Å². The highest BCUT2D eigenvalue weighted by molar-refractivity contribution is 6.11. The van der Waals surface area contributed by atoms with Crippen molar-refractivity contribution in [3.63, 3.8) is 0 Å². The predicted molar refractivity (Wildman–Crippen MR) is 104 cm³/mol. The number of benzene rings is 1. The molecule has 0 radical (unpaired) electrons. The van der Waals surface area contributed by atoms with E-state index in [9.17, 15) is 19.2 Å². The summed E-state index contributed by atoms with van der Waals surface area (Å²) in [6.45, 7) is 1.55. The lowest BCUT2D eigenvalue weighted by atomic mass is 9.97. The van der Waals surface area contributed by atoms with Crippen molar-refractivity contribution in [2.24, 2.45) is 0 Å². The Bertz CT molecular complexity index is 797. The second kappa shape index (κ2) is 7.61. The van der Waals surface area contributed by atoms with Crippen LogP contribution in [0.1, 0.15) is 38.2 Å². The normalized spacial score (nSPS) is 18.9. The van der Waals surface area contributed by atoms with Gasteiger partial charge in [-0.2, -0.15) is 0 Å². The first-order valence-corrected chi connectivity index (χ1v) is 9.49. The Hall–Kier alpha value is -2.90. The van der Waals surface area contributed by atoms with Crippen molar-refractivity contribution in [2.75, 3.05) is 19.4 Å². The highest BCUT2D eigenvalue weighted by Crippen LogP contribution is 2.35. The topological polar surface area (TPSA) is 98.8 Å². The summed E-state index contributed by atoms with van der Waals surface area (Å²) in [6, 6.07) is 5.52. The number of amides is 5. The van der Waals surface area contributed by atoms with E-state index in [2.05, 4.69) is 10.6 Å². The molecule has 150 valence electrons. The number of hydrogen-bond acceptors (Lipinski definition) is 4. The lowest BCUT2D eigenvalue weighted by molar-refractivity contribution is -0.136. The lowest BCUT2D eigenvalue weighted by Crippen LogP contribution is -2.48. The monoisotopic (exact) mass is 386 g/mol. The first-order chi connectivity index (χ1) is 13.2. The number of hydrogen-bond donors (Lipinski definition) is 2. The van der Waals surface area contributed by atoms with Gasteiger partial charge in [-0.15, -0.1) is 0 Å². The molecular weight excluding hydrogens is 360 g/mol. The molecule has 1 aliphatic heterocycles. The van der Waals surface area contributed by atoms with Crippen LogP contribution in [0.5, 0.6) is 0 Å². The van der Waals surface area contributed by atoms with Crippen molar-refractivity contribution in [1.29, 1.82) is 0 Å². The molecule has 2 N–H and O–H groups in total. The van der Waals surface area contributed by atoms with E-state index in [1.807, 2.05) is 0 Å². The van der Waals surface area contributed by atoms with Gasteiger partial charge in [0.1, 0.15) is 11.6 Å². The highest BCUT2D eigenvalue weighted by atomic mass is 16.2. The Balaban J connectivity index is 1.63. The molecule has 28 heavy (non-hydrogen) atoms. The number of likely N-dealkylation sites (N-methyl/N-ethyl adjacent to an activating group) is 1. The maximum absolute atomic E-state index is 12.8. The van der Waals surface area contributed by atoms with Crippen molar-refractivity contribution in [3.05, 3.63) is 29.8 Å². The minimum absolute atomic E-state index is 0.00944. The van der Waals surface area contributed by atoms with Crippen LogP contribution in [-0.2, 0) is 20.8 Å². The number of nitrogens with zero attached hydrogens (tertiary/aromatic N) is 2. The zero-order chi connectivity index (χ0) is 20.5. The van der Waals surface area contributed by atoms with Gasteiger partial charge in [0.15, 0.2) is 0 Å². The molecule has 1 aliphatic carbocycles. The van der Waals surface area contributed by atoms with E-state index in [1.165, 1.54) is 4.90 Å². The molecule has 2 aliphatic rings. The molecular formula is C20H26N4O4. The average Bonchev–Trinajstić information content (AvgIpc) is 3.21. The lowest BCUT2D eigenvalue weighted by Gasteiger charge is -2.23. The van der Waals surface area contributed by atoms with E-state index in [-0.39, 0.29) is 18.2 Å². The summed E-state index contributed by atoms with van der Waals surface area (Å²) >= 11 is 0. The summed E-state index contributed by atoms with van der Waals surface area (Å²) in [4.78, 5) is 52.0. The third-order valence-corrected chi connectivity index (χ3v) is 5.49. The molecule has 1 aromatic carbocycles. The van der Waals surface area contributed by atoms with Crippen LogP contribution >= 0.6 is 0 Å². The number of anilines is 1. The van der Waals surface area contributed by atoms with Crippen LogP contribution in [0.2, 0.25) is 0 Å². The number of carbonyl (C=O) groups excluding carboxylic acids is 4. The molecule has 1 heterocycles. The molecule has 1 saturated carbocycles. The fourth-order valence-electron chi connectivity index (χ4n) is 3.71. The standard InChI is InChI=1S/C20H26N4O4/c1-13(24-18(27)20(22-19(24)28)10-4-5-11-20)17(26)21-15-8-6-14(7-9-15)12-16(25)23(2)3/h6-9,13H,4-5,10-12H2,1-3H3,(H,21,26)(H,22,28). The van der Waals surface area contributed by atoms with Gasteiger partial charge in [-0.3, -0.25) is 14.4 Å². The van der Waals surface area contributed by atoms with Crippen molar-refractivity contribution in [3.8, 4) is 0 Å². The Morgan fingerprint density at radius 1 is 1.18 bits per heavy atom. The number of urea groups is 1. The van der Waals surface area contributed by atoms with Gasteiger partial charge in [-0.25, -0.2) is 9.69 Å². The quantitative estimate of drug-likeness (QED) is 0.750. The van der Waals surface area contributed by atoms with Crippen molar-refractivity contribution >= 4 is 29.4 Å². The van der Waals surface area contributed by atoms with Gasteiger partial charge in [0.25, 0.3) is 5.91 Å². The van der Waals surface area contributed by atoms with E-state index >= 15 is 0 Å². The van der Waals surface area contributed by atoms with E-state index in [0.29, 0.717) is 18.5 Å². The van der Waals surface area contributed by atoms with Gasteiger partial charge in [0.05, 0.1) is 6.42 Å². The van der Waals surface area contributed by atoms with E-state index in [0.717, 1.165) is 23.3 Å². The van der Waals surface area contributed by atoms with Crippen LogP contribution in [0.15, 0.2) is 24.3 Å². The summed E-state index contributed by atoms with van der Waals surface area (Å²) in [5.74, 6) is -0.754. The van der Waals surface area contributed by atoms with Crippen LogP contribution in [-0.4, -0.2) is 59.2 Å². The van der Waals surface area contributed by atoms with Crippen LogP contribution in [0.3, 0.4) is 0 Å². The summed E-state index contributed by atoms with van der Waals surface area (Å²) < 4.78 is 0. The number of carbonyl (C=O) groups is 4. The van der Waals surface area contributed by atoms with Crippen molar-refractivity contribution < 1.29 is 19.2 Å². The smallest absolute Gasteiger partial charge is 0.325 e. The largest absolute Gasteiger partial charge is 0.349 e. The van der Waals surface area contributed by atoms with E-state index in [1.54, 1.807) is 45.3 Å². The first kappa shape index (κ1) is 19.9. The number of imide groups is 1. The fraction of sp³-hybridized carbons (Fsp3) is 0.500. The summed E-state index contributed by atoms with van der Waals surface area (Å²) in [7, 11) is 3.40. The summed E-state index contributed by atoms with van der Waals surface area (Å²) in [6.07, 6.45) is 3.31. The van der Waals surface area contributed by atoms with Gasteiger partial charge in [0.2, 0.25) is 11.8 Å². The molecule has 0 aromatic heterocycles. The van der Waals surface area contributed by atoms with Gasteiger partial charge in [-0.05, 0) is 37.5 Å².